The zero-order valence-corrected chi connectivity index (χ0v) is 14.4. The van der Waals surface area contributed by atoms with Crippen molar-refractivity contribution in [2.45, 2.75) is 58.0 Å². The highest BCUT2D eigenvalue weighted by atomic mass is 16.2. The molecule has 2 fully saturated rings. The van der Waals surface area contributed by atoms with Crippen LogP contribution in [0.4, 0.5) is 0 Å². The standard InChI is InChI=1S/C20H30N2O/c1-17-8-5-6-13-22(17)20(23)16-21(15-19-11-7-12-19)14-18-9-3-2-4-10-18/h2-4,9-10,17,19H,5-8,11-16H2,1H3. The summed E-state index contributed by atoms with van der Waals surface area (Å²) in [5.74, 6) is 1.12. The first-order valence-electron chi connectivity index (χ1n) is 9.28. The van der Waals surface area contributed by atoms with Crippen molar-refractivity contribution in [1.82, 2.24) is 9.80 Å². The van der Waals surface area contributed by atoms with E-state index in [1.54, 1.807) is 0 Å². The Bertz CT molecular complexity index is 498. The van der Waals surface area contributed by atoms with Crippen molar-refractivity contribution >= 4 is 5.91 Å². The van der Waals surface area contributed by atoms with Gasteiger partial charge in [0.1, 0.15) is 0 Å². The van der Waals surface area contributed by atoms with Crippen LogP contribution < -0.4 is 0 Å². The first-order valence-corrected chi connectivity index (χ1v) is 9.28. The van der Waals surface area contributed by atoms with Gasteiger partial charge >= 0.3 is 0 Å². The Morgan fingerprint density at radius 2 is 1.91 bits per heavy atom. The Balaban J connectivity index is 1.61. The maximum Gasteiger partial charge on any atom is 0.236 e. The van der Waals surface area contributed by atoms with Crippen molar-refractivity contribution in [2.75, 3.05) is 19.6 Å². The largest absolute Gasteiger partial charge is 0.339 e. The molecule has 126 valence electrons. The van der Waals surface area contributed by atoms with E-state index in [4.69, 9.17) is 0 Å². The molecule has 1 saturated carbocycles. The molecule has 1 amide bonds. The van der Waals surface area contributed by atoms with Crippen LogP contribution in [-0.2, 0) is 11.3 Å². The second kappa shape index (κ2) is 7.96. The highest BCUT2D eigenvalue weighted by molar-refractivity contribution is 5.78. The molecule has 1 unspecified atom stereocenters. The molecule has 23 heavy (non-hydrogen) atoms. The van der Waals surface area contributed by atoms with Gasteiger partial charge in [0.05, 0.1) is 6.54 Å². The highest BCUT2D eigenvalue weighted by Crippen LogP contribution is 2.27. The molecule has 2 aliphatic rings. The lowest BCUT2D eigenvalue weighted by atomic mass is 9.85. The molecule has 0 radical (unpaired) electrons. The van der Waals surface area contributed by atoms with E-state index in [-0.39, 0.29) is 0 Å². The minimum Gasteiger partial charge on any atom is -0.339 e. The molecule has 1 aliphatic heterocycles. The fourth-order valence-corrected chi connectivity index (χ4v) is 3.82. The molecule has 0 bridgehead atoms. The molecule has 3 heteroatoms. The number of amides is 1. The third kappa shape index (κ3) is 4.57. The van der Waals surface area contributed by atoms with Crippen molar-refractivity contribution in [3.8, 4) is 0 Å². The van der Waals surface area contributed by atoms with Crippen molar-refractivity contribution in [1.29, 1.82) is 0 Å². The van der Waals surface area contributed by atoms with Crippen LogP contribution in [0.2, 0.25) is 0 Å². The van der Waals surface area contributed by atoms with Crippen LogP contribution in [0.25, 0.3) is 0 Å². The molecule has 3 nitrogen and oxygen atoms in total. The van der Waals surface area contributed by atoms with Crippen molar-refractivity contribution in [3.63, 3.8) is 0 Å². The van der Waals surface area contributed by atoms with Gasteiger partial charge in [-0.1, -0.05) is 36.8 Å². The van der Waals surface area contributed by atoms with Gasteiger partial charge in [0.25, 0.3) is 0 Å². The third-order valence-electron chi connectivity index (χ3n) is 5.47. The monoisotopic (exact) mass is 314 g/mol. The smallest absolute Gasteiger partial charge is 0.236 e. The fraction of sp³-hybridized carbons (Fsp3) is 0.650. The zero-order valence-electron chi connectivity index (χ0n) is 14.4. The summed E-state index contributed by atoms with van der Waals surface area (Å²) in [6, 6.07) is 11.0. The van der Waals surface area contributed by atoms with Crippen LogP contribution in [0.3, 0.4) is 0 Å². The zero-order chi connectivity index (χ0) is 16.1. The Hall–Kier alpha value is -1.35. The molecule has 1 heterocycles. The number of hydrogen-bond acceptors (Lipinski definition) is 2. The minimum atomic E-state index is 0.326. The molecular formula is C20H30N2O. The summed E-state index contributed by atoms with van der Waals surface area (Å²) in [6.45, 7) is 5.69. The lowest BCUT2D eigenvalue weighted by molar-refractivity contribution is -0.136. The summed E-state index contributed by atoms with van der Waals surface area (Å²) in [4.78, 5) is 17.3. The van der Waals surface area contributed by atoms with Crippen LogP contribution in [-0.4, -0.2) is 41.4 Å². The van der Waals surface area contributed by atoms with E-state index in [0.29, 0.717) is 18.5 Å². The summed E-state index contributed by atoms with van der Waals surface area (Å²) < 4.78 is 0. The summed E-state index contributed by atoms with van der Waals surface area (Å²) in [5.41, 5.74) is 1.31. The normalized spacial score (nSPS) is 22.2. The first-order chi connectivity index (χ1) is 11.2. The van der Waals surface area contributed by atoms with Gasteiger partial charge in [-0.3, -0.25) is 9.69 Å². The average molecular weight is 314 g/mol. The summed E-state index contributed by atoms with van der Waals surface area (Å²) in [6.07, 6.45) is 7.62. The minimum absolute atomic E-state index is 0.326. The van der Waals surface area contributed by atoms with Crippen LogP contribution in [0.15, 0.2) is 30.3 Å². The fourth-order valence-electron chi connectivity index (χ4n) is 3.82. The van der Waals surface area contributed by atoms with Gasteiger partial charge in [-0.05, 0) is 50.5 Å². The van der Waals surface area contributed by atoms with Gasteiger partial charge in [-0.25, -0.2) is 0 Å². The quantitative estimate of drug-likeness (QED) is 0.799. The van der Waals surface area contributed by atoms with Crippen LogP contribution in [0.1, 0.15) is 51.0 Å². The van der Waals surface area contributed by atoms with Gasteiger partial charge in [0, 0.05) is 25.7 Å². The number of likely N-dealkylation sites (tertiary alicyclic amines) is 1. The number of nitrogens with zero attached hydrogens (tertiary/aromatic N) is 2. The summed E-state index contributed by atoms with van der Waals surface area (Å²) in [5, 5.41) is 0. The Kier molecular flexibility index (Phi) is 5.71. The van der Waals surface area contributed by atoms with Gasteiger partial charge in [0.15, 0.2) is 0 Å². The van der Waals surface area contributed by atoms with E-state index < -0.39 is 0 Å². The second-order valence-corrected chi connectivity index (χ2v) is 7.38. The van der Waals surface area contributed by atoms with Gasteiger partial charge in [0.2, 0.25) is 5.91 Å². The Morgan fingerprint density at radius 3 is 2.57 bits per heavy atom. The van der Waals surface area contributed by atoms with Gasteiger partial charge < -0.3 is 4.90 Å². The molecule has 0 N–H and O–H groups in total. The van der Waals surface area contributed by atoms with E-state index in [2.05, 4.69) is 47.1 Å². The lowest BCUT2D eigenvalue weighted by Gasteiger charge is -2.37. The topological polar surface area (TPSA) is 23.6 Å². The van der Waals surface area contributed by atoms with Crippen molar-refractivity contribution < 1.29 is 4.79 Å². The van der Waals surface area contributed by atoms with Gasteiger partial charge in [-0.15, -0.1) is 0 Å². The molecular weight excluding hydrogens is 284 g/mol. The highest BCUT2D eigenvalue weighted by Gasteiger charge is 2.27. The SMILES string of the molecule is CC1CCCCN1C(=O)CN(Cc1ccccc1)CC1CCC1. The van der Waals surface area contributed by atoms with E-state index in [1.165, 1.54) is 31.2 Å². The lowest BCUT2D eigenvalue weighted by Crippen LogP contribution is -2.47. The van der Waals surface area contributed by atoms with Gasteiger partial charge in [-0.2, -0.15) is 0 Å². The van der Waals surface area contributed by atoms with E-state index >= 15 is 0 Å². The second-order valence-electron chi connectivity index (χ2n) is 7.38. The van der Waals surface area contributed by atoms with Crippen molar-refractivity contribution in [3.05, 3.63) is 35.9 Å². The number of benzene rings is 1. The maximum absolute atomic E-state index is 12.8. The predicted octanol–water partition coefficient (Wildman–Crippen LogP) is 3.69. The number of rotatable bonds is 6. The van der Waals surface area contributed by atoms with E-state index in [1.807, 2.05) is 0 Å². The molecule has 1 atom stereocenters. The van der Waals surface area contributed by atoms with Crippen molar-refractivity contribution in [2.24, 2.45) is 5.92 Å². The molecule has 1 aromatic rings. The predicted molar refractivity (Wildman–Crippen MR) is 94.1 cm³/mol. The molecule has 3 rings (SSSR count). The average Bonchev–Trinajstić information content (AvgIpc) is 2.52. The van der Waals surface area contributed by atoms with Crippen LogP contribution in [0.5, 0.6) is 0 Å². The number of hydrogen-bond donors (Lipinski definition) is 0. The number of carbonyl (C=O) groups excluding carboxylic acids is 1. The Labute approximate surface area is 140 Å². The van der Waals surface area contributed by atoms with Crippen LogP contribution >= 0.6 is 0 Å². The first kappa shape index (κ1) is 16.5. The van der Waals surface area contributed by atoms with E-state index in [0.717, 1.165) is 38.4 Å². The molecule has 1 aliphatic carbocycles. The molecule has 1 aromatic carbocycles. The van der Waals surface area contributed by atoms with Crippen LogP contribution in [0, 0.1) is 5.92 Å². The number of carbonyl (C=O) groups is 1. The summed E-state index contributed by atoms with van der Waals surface area (Å²) >= 11 is 0. The number of piperidine rings is 1. The Morgan fingerprint density at radius 1 is 1.13 bits per heavy atom. The molecule has 0 spiro atoms. The molecule has 0 aromatic heterocycles. The molecule has 1 saturated heterocycles. The maximum atomic E-state index is 12.8. The van der Waals surface area contributed by atoms with E-state index in [9.17, 15) is 4.79 Å². The third-order valence-corrected chi connectivity index (χ3v) is 5.47. The summed E-state index contributed by atoms with van der Waals surface area (Å²) in [7, 11) is 0.